The zero-order valence-electron chi connectivity index (χ0n) is 11.7. The van der Waals surface area contributed by atoms with E-state index in [2.05, 4.69) is 15.7 Å². The van der Waals surface area contributed by atoms with Gasteiger partial charge in [-0.15, -0.1) is 0 Å². The number of hydrogen-bond donors (Lipinski definition) is 2. The highest BCUT2D eigenvalue weighted by molar-refractivity contribution is 6.33. The second kappa shape index (κ2) is 7.78. The molecule has 0 unspecified atom stereocenters. The van der Waals surface area contributed by atoms with E-state index in [4.69, 9.17) is 16.3 Å². The zero-order valence-corrected chi connectivity index (χ0v) is 12.4. The topological polar surface area (TPSA) is 68.2 Å². The molecule has 0 radical (unpaired) electrons. The standard InChI is InChI=1S/C14H17ClN4O2/c1-21-9-7-16-10-13(20)18-12-5-2-4-11(15)14(12)19-8-3-6-17-19/h2-6,8,16H,7,9-10H2,1H3,(H,18,20). The van der Waals surface area contributed by atoms with Crippen LogP contribution in [0.3, 0.4) is 0 Å². The summed E-state index contributed by atoms with van der Waals surface area (Å²) in [6, 6.07) is 7.12. The number of aromatic nitrogens is 2. The van der Waals surface area contributed by atoms with Gasteiger partial charge in [-0.2, -0.15) is 5.10 Å². The number of methoxy groups -OCH3 is 1. The molecule has 2 aromatic rings. The molecule has 6 nitrogen and oxygen atoms in total. The van der Waals surface area contributed by atoms with E-state index in [1.807, 2.05) is 0 Å². The van der Waals surface area contributed by atoms with Crippen molar-refractivity contribution in [1.29, 1.82) is 0 Å². The number of hydrogen-bond acceptors (Lipinski definition) is 4. The maximum atomic E-state index is 11.9. The molecule has 0 aliphatic rings. The van der Waals surface area contributed by atoms with Gasteiger partial charge in [0.15, 0.2) is 0 Å². The Morgan fingerprint density at radius 3 is 3.00 bits per heavy atom. The lowest BCUT2D eigenvalue weighted by atomic mass is 10.2. The lowest BCUT2D eigenvalue weighted by Crippen LogP contribution is -2.30. The first kappa shape index (κ1) is 15.5. The van der Waals surface area contributed by atoms with Crippen LogP contribution in [0.15, 0.2) is 36.7 Å². The number of amides is 1. The second-order valence-electron chi connectivity index (χ2n) is 4.30. The zero-order chi connectivity index (χ0) is 15.1. The quantitative estimate of drug-likeness (QED) is 0.764. The summed E-state index contributed by atoms with van der Waals surface area (Å²) >= 11 is 6.21. The molecule has 2 N–H and O–H groups in total. The van der Waals surface area contributed by atoms with E-state index in [0.717, 1.165) is 0 Å². The number of carbonyl (C=O) groups is 1. The van der Waals surface area contributed by atoms with Crippen molar-refractivity contribution >= 4 is 23.2 Å². The van der Waals surface area contributed by atoms with E-state index < -0.39 is 0 Å². The van der Waals surface area contributed by atoms with Crippen molar-refractivity contribution < 1.29 is 9.53 Å². The average molecular weight is 309 g/mol. The first-order valence-corrected chi connectivity index (χ1v) is 6.88. The third kappa shape index (κ3) is 4.29. The molecule has 0 spiro atoms. The molecule has 21 heavy (non-hydrogen) atoms. The minimum absolute atomic E-state index is 0.151. The predicted molar refractivity (Wildman–Crippen MR) is 81.9 cm³/mol. The molecule has 0 atom stereocenters. The van der Waals surface area contributed by atoms with Gasteiger partial charge >= 0.3 is 0 Å². The number of nitrogens with zero attached hydrogens (tertiary/aromatic N) is 2. The van der Waals surface area contributed by atoms with Gasteiger partial charge in [-0.3, -0.25) is 4.79 Å². The summed E-state index contributed by atoms with van der Waals surface area (Å²) in [6.07, 6.45) is 3.43. The van der Waals surface area contributed by atoms with Crippen LogP contribution in [0.1, 0.15) is 0 Å². The lowest BCUT2D eigenvalue weighted by Gasteiger charge is -2.13. The second-order valence-corrected chi connectivity index (χ2v) is 4.71. The van der Waals surface area contributed by atoms with Crippen LogP contribution in [0.2, 0.25) is 5.02 Å². The van der Waals surface area contributed by atoms with Gasteiger partial charge in [0.2, 0.25) is 5.91 Å². The average Bonchev–Trinajstić information content (AvgIpc) is 2.97. The maximum absolute atomic E-state index is 11.9. The van der Waals surface area contributed by atoms with Crippen molar-refractivity contribution in [3.63, 3.8) is 0 Å². The van der Waals surface area contributed by atoms with Crippen molar-refractivity contribution in [3.05, 3.63) is 41.7 Å². The Morgan fingerprint density at radius 2 is 2.29 bits per heavy atom. The largest absolute Gasteiger partial charge is 0.383 e. The Kier molecular flexibility index (Phi) is 5.74. The third-order valence-corrected chi connectivity index (χ3v) is 3.07. The van der Waals surface area contributed by atoms with E-state index >= 15 is 0 Å². The molecule has 112 valence electrons. The number of ether oxygens (including phenoxy) is 1. The molecule has 0 saturated carbocycles. The summed E-state index contributed by atoms with van der Waals surface area (Å²) in [5, 5.41) is 10.5. The smallest absolute Gasteiger partial charge is 0.238 e. The third-order valence-electron chi connectivity index (χ3n) is 2.76. The van der Waals surface area contributed by atoms with Gasteiger partial charge in [0.25, 0.3) is 0 Å². The molecule has 1 heterocycles. The molecule has 2 rings (SSSR count). The van der Waals surface area contributed by atoms with Gasteiger partial charge in [0.1, 0.15) is 5.69 Å². The summed E-state index contributed by atoms with van der Waals surface area (Å²) in [6.45, 7) is 1.38. The molecule has 0 fully saturated rings. The number of carbonyl (C=O) groups excluding carboxylic acids is 1. The Bertz CT molecular complexity index is 587. The fourth-order valence-electron chi connectivity index (χ4n) is 1.82. The molecule has 7 heteroatoms. The van der Waals surface area contributed by atoms with Crippen molar-refractivity contribution in [3.8, 4) is 5.69 Å². The van der Waals surface area contributed by atoms with Gasteiger partial charge in [-0.25, -0.2) is 4.68 Å². The Balaban J connectivity index is 2.07. The predicted octanol–water partition coefficient (Wildman–Crippen LogP) is 1.70. The molecular weight excluding hydrogens is 292 g/mol. The highest BCUT2D eigenvalue weighted by Crippen LogP contribution is 2.27. The van der Waals surface area contributed by atoms with E-state index in [0.29, 0.717) is 29.5 Å². The van der Waals surface area contributed by atoms with Crippen molar-refractivity contribution in [2.45, 2.75) is 0 Å². The monoisotopic (exact) mass is 308 g/mol. The van der Waals surface area contributed by atoms with Crippen LogP contribution >= 0.6 is 11.6 Å². The number of halogens is 1. The fraction of sp³-hybridized carbons (Fsp3) is 0.286. The van der Waals surface area contributed by atoms with Crippen molar-refractivity contribution in [2.24, 2.45) is 0 Å². The van der Waals surface area contributed by atoms with Crippen LogP contribution in [-0.4, -0.2) is 42.5 Å². The summed E-state index contributed by atoms with van der Waals surface area (Å²) in [5.74, 6) is -0.151. The number of anilines is 1. The van der Waals surface area contributed by atoms with E-state index in [9.17, 15) is 4.79 Å². The first-order valence-electron chi connectivity index (χ1n) is 6.50. The molecular formula is C14H17ClN4O2. The number of nitrogens with one attached hydrogen (secondary N) is 2. The summed E-state index contributed by atoms with van der Waals surface area (Å²) < 4.78 is 6.52. The molecule has 1 amide bonds. The van der Waals surface area contributed by atoms with Gasteiger partial charge in [-0.1, -0.05) is 17.7 Å². The first-order chi connectivity index (χ1) is 10.2. The molecule has 1 aromatic heterocycles. The summed E-state index contributed by atoms with van der Waals surface area (Å²) in [5.41, 5.74) is 1.26. The van der Waals surface area contributed by atoms with Crippen LogP contribution in [0.5, 0.6) is 0 Å². The maximum Gasteiger partial charge on any atom is 0.238 e. The summed E-state index contributed by atoms with van der Waals surface area (Å²) in [7, 11) is 1.62. The van der Waals surface area contributed by atoms with Crippen LogP contribution in [-0.2, 0) is 9.53 Å². The highest BCUT2D eigenvalue weighted by atomic mass is 35.5. The van der Waals surface area contributed by atoms with Crippen LogP contribution in [0.4, 0.5) is 5.69 Å². The molecule has 1 aromatic carbocycles. The van der Waals surface area contributed by atoms with Gasteiger partial charge < -0.3 is 15.4 Å². The molecule has 0 bridgehead atoms. The Morgan fingerprint density at radius 1 is 1.43 bits per heavy atom. The Hall–Kier alpha value is -1.89. The van der Waals surface area contributed by atoms with E-state index in [-0.39, 0.29) is 12.5 Å². The van der Waals surface area contributed by atoms with E-state index in [1.54, 1.807) is 48.5 Å². The SMILES string of the molecule is COCCNCC(=O)Nc1cccc(Cl)c1-n1cccn1. The minimum atomic E-state index is -0.151. The number of benzene rings is 1. The Labute approximate surface area is 128 Å². The van der Waals surface area contributed by atoms with Gasteiger partial charge in [0.05, 0.1) is 23.9 Å². The number of rotatable bonds is 7. The molecule has 0 saturated heterocycles. The van der Waals surface area contributed by atoms with Crippen molar-refractivity contribution in [2.75, 3.05) is 32.1 Å². The minimum Gasteiger partial charge on any atom is -0.383 e. The van der Waals surface area contributed by atoms with Crippen LogP contribution in [0, 0.1) is 0 Å². The van der Waals surface area contributed by atoms with Crippen molar-refractivity contribution in [1.82, 2.24) is 15.1 Å². The van der Waals surface area contributed by atoms with Crippen LogP contribution in [0.25, 0.3) is 5.69 Å². The molecule has 0 aliphatic carbocycles. The fourth-order valence-corrected chi connectivity index (χ4v) is 2.08. The lowest BCUT2D eigenvalue weighted by molar-refractivity contribution is -0.115. The normalized spacial score (nSPS) is 10.6. The summed E-state index contributed by atoms with van der Waals surface area (Å²) in [4.78, 5) is 11.9. The highest BCUT2D eigenvalue weighted by Gasteiger charge is 2.11. The van der Waals surface area contributed by atoms with Gasteiger partial charge in [-0.05, 0) is 18.2 Å². The van der Waals surface area contributed by atoms with E-state index in [1.165, 1.54) is 0 Å². The number of para-hydroxylation sites is 1. The van der Waals surface area contributed by atoms with Crippen LogP contribution < -0.4 is 10.6 Å². The molecule has 0 aliphatic heterocycles. The van der Waals surface area contributed by atoms with Gasteiger partial charge in [0, 0.05) is 26.0 Å².